The second-order valence-electron chi connectivity index (χ2n) is 14.6. The van der Waals surface area contributed by atoms with E-state index in [1.165, 1.54) is 11.0 Å². The molecule has 56 heavy (non-hydrogen) atoms. The second kappa shape index (κ2) is 23.4. The third-order valence-electron chi connectivity index (χ3n) is 9.93. The van der Waals surface area contributed by atoms with Gasteiger partial charge in [0.15, 0.2) is 0 Å². The molecule has 310 valence electrons. The standard InChI is InChI=1S/C39H63N11O6/c40-14-2-8-29(44)23-48-35(52)22-28(43)9-5-17-47-37(54)32(10-3-15-41)50-33(11-4-16-42)38(55)49-31(36(46)53)19-24-6-1-7-25(18-24)26-12-13-34(51)27(20-26)21-30(45)39(50)56/h1,6-7,12-13,18,20,28-33,51H,2-5,8-11,14-17,19,21-23,40-45H2,(H2,46,53)(H,47,54)(H,48,52)(H,49,55)/t28-,29-,30-,31-,32-,33-/m0/s1. The average molecular weight is 782 g/mol. The summed E-state index contributed by atoms with van der Waals surface area (Å²) in [5.41, 5.74) is 44.5. The molecule has 0 radical (unpaired) electrons. The number of aromatic hydroxyl groups is 1. The van der Waals surface area contributed by atoms with Crippen molar-refractivity contribution in [2.75, 3.05) is 32.7 Å². The number of phenols is 1. The maximum absolute atomic E-state index is 14.6. The lowest BCUT2D eigenvalue weighted by Crippen LogP contribution is -2.63. The molecule has 0 spiro atoms. The zero-order valence-electron chi connectivity index (χ0n) is 32.3. The highest BCUT2D eigenvalue weighted by molar-refractivity contribution is 5.96. The van der Waals surface area contributed by atoms with Gasteiger partial charge in [0, 0.05) is 44.4 Å². The molecule has 17 nitrogen and oxygen atoms in total. The minimum absolute atomic E-state index is 0.0454. The van der Waals surface area contributed by atoms with Crippen LogP contribution in [0.5, 0.6) is 5.75 Å². The molecule has 6 atom stereocenters. The second-order valence-corrected chi connectivity index (χ2v) is 14.6. The number of hydrogen-bond donors (Lipinski definition) is 11. The summed E-state index contributed by atoms with van der Waals surface area (Å²) in [5, 5.41) is 19.3. The Hall–Kier alpha value is -4.65. The molecule has 0 saturated carbocycles. The summed E-state index contributed by atoms with van der Waals surface area (Å²) in [6.07, 6.45) is 3.05. The van der Waals surface area contributed by atoms with Crippen molar-refractivity contribution in [3.63, 3.8) is 0 Å². The maximum Gasteiger partial charge on any atom is 0.243 e. The minimum Gasteiger partial charge on any atom is -0.508 e. The van der Waals surface area contributed by atoms with Crippen LogP contribution in [-0.4, -0.2) is 109 Å². The van der Waals surface area contributed by atoms with Gasteiger partial charge in [0.25, 0.3) is 0 Å². The molecular formula is C39H63N11O6. The summed E-state index contributed by atoms with van der Waals surface area (Å²) in [4.78, 5) is 69.3. The van der Waals surface area contributed by atoms with E-state index < -0.39 is 53.8 Å². The van der Waals surface area contributed by atoms with Crippen molar-refractivity contribution in [3.05, 3.63) is 53.6 Å². The lowest BCUT2D eigenvalue weighted by Gasteiger charge is -2.39. The van der Waals surface area contributed by atoms with E-state index in [0.29, 0.717) is 56.3 Å². The Labute approximate surface area is 329 Å². The van der Waals surface area contributed by atoms with E-state index in [1.54, 1.807) is 18.2 Å². The number of rotatable bonds is 20. The third kappa shape index (κ3) is 14.1. The summed E-state index contributed by atoms with van der Waals surface area (Å²) < 4.78 is 0. The Morgan fingerprint density at radius 3 is 2.23 bits per heavy atom. The van der Waals surface area contributed by atoms with E-state index in [2.05, 4.69) is 16.0 Å². The first-order valence-corrected chi connectivity index (χ1v) is 19.5. The van der Waals surface area contributed by atoms with Gasteiger partial charge in [-0.25, -0.2) is 0 Å². The Morgan fingerprint density at radius 2 is 1.54 bits per heavy atom. The molecule has 1 aliphatic rings. The van der Waals surface area contributed by atoms with Crippen LogP contribution in [0.15, 0.2) is 42.5 Å². The molecule has 2 aromatic rings. The van der Waals surface area contributed by atoms with Crippen molar-refractivity contribution in [1.29, 1.82) is 0 Å². The number of carbonyl (C=O) groups excluding carboxylic acids is 5. The van der Waals surface area contributed by atoms with Crippen LogP contribution in [0.3, 0.4) is 0 Å². The largest absolute Gasteiger partial charge is 0.508 e. The molecular weight excluding hydrogens is 718 g/mol. The molecule has 17 heteroatoms. The smallest absolute Gasteiger partial charge is 0.243 e. The Kier molecular flexibility index (Phi) is 19.1. The molecule has 18 N–H and O–H groups in total. The van der Waals surface area contributed by atoms with E-state index >= 15 is 0 Å². The van der Waals surface area contributed by atoms with Crippen molar-refractivity contribution < 1.29 is 29.1 Å². The van der Waals surface area contributed by atoms with Crippen LogP contribution in [0.2, 0.25) is 0 Å². The topological polar surface area (TPSA) is 327 Å². The van der Waals surface area contributed by atoms with Crippen LogP contribution < -0.4 is 56.1 Å². The molecule has 0 aromatic heterocycles. The first-order valence-electron chi connectivity index (χ1n) is 19.5. The zero-order valence-corrected chi connectivity index (χ0v) is 32.3. The first kappa shape index (κ1) is 45.7. The highest BCUT2D eigenvalue weighted by Crippen LogP contribution is 2.29. The Bertz CT molecular complexity index is 1610. The summed E-state index contributed by atoms with van der Waals surface area (Å²) in [7, 11) is 0. The predicted octanol–water partition coefficient (Wildman–Crippen LogP) is -1.70. The number of nitrogens with one attached hydrogen (secondary N) is 3. The number of nitrogens with two attached hydrogens (primary N) is 7. The molecule has 0 aliphatic carbocycles. The van der Waals surface area contributed by atoms with Gasteiger partial charge in [-0.05, 0) is 105 Å². The van der Waals surface area contributed by atoms with Crippen molar-refractivity contribution in [2.45, 2.75) is 107 Å². The number of amides is 5. The SMILES string of the molecule is NCCC[C@H](N)CNC(=O)C[C@@H](N)CCCNC(=O)[C@H](CCCN)N1C(=O)[C@@H](N)Cc2cc(ccc2O)-c2cccc(c2)C[C@@H](C(N)=O)NC(=O)[C@@H]1CCCN. The van der Waals surface area contributed by atoms with Crippen molar-refractivity contribution in [2.24, 2.45) is 40.1 Å². The number of fused-ring (bicyclic) bond motifs is 5. The molecule has 5 amide bonds. The lowest BCUT2D eigenvalue weighted by molar-refractivity contribution is -0.150. The predicted molar refractivity (Wildman–Crippen MR) is 215 cm³/mol. The van der Waals surface area contributed by atoms with Gasteiger partial charge in [-0.15, -0.1) is 0 Å². The number of nitrogens with zero attached hydrogens (tertiary/aromatic N) is 1. The average Bonchev–Trinajstić information content (AvgIpc) is 3.17. The van der Waals surface area contributed by atoms with E-state index in [0.717, 1.165) is 17.5 Å². The van der Waals surface area contributed by atoms with Crippen molar-refractivity contribution in [1.82, 2.24) is 20.9 Å². The minimum atomic E-state index is -1.29. The van der Waals surface area contributed by atoms with Crippen LogP contribution >= 0.6 is 0 Å². The molecule has 0 fully saturated rings. The van der Waals surface area contributed by atoms with Crippen LogP contribution in [0.1, 0.15) is 68.9 Å². The van der Waals surface area contributed by atoms with Gasteiger partial charge < -0.3 is 66.1 Å². The van der Waals surface area contributed by atoms with Gasteiger partial charge in [0.2, 0.25) is 29.5 Å². The zero-order chi connectivity index (χ0) is 41.2. The number of carbonyl (C=O) groups is 5. The van der Waals surface area contributed by atoms with Gasteiger partial charge in [-0.3, -0.25) is 24.0 Å². The van der Waals surface area contributed by atoms with Crippen LogP contribution in [0.25, 0.3) is 11.1 Å². The summed E-state index contributed by atoms with van der Waals surface area (Å²) >= 11 is 0. The van der Waals surface area contributed by atoms with Gasteiger partial charge >= 0.3 is 0 Å². The normalized spacial score (nSPS) is 19.2. The molecule has 0 unspecified atom stereocenters. The third-order valence-corrected chi connectivity index (χ3v) is 9.93. The molecule has 1 aliphatic heterocycles. The van der Waals surface area contributed by atoms with Gasteiger partial charge in [0.1, 0.15) is 23.9 Å². The van der Waals surface area contributed by atoms with Gasteiger partial charge in [-0.2, -0.15) is 0 Å². The summed E-state index contributed by atoms with van der Waals surface area (Å²) in [5.74, 6) is -3.06. The van der Waals surface area contributed by atoms with E-state index in [-0.39, 0.29) is 69.4 Å². The highest BCUT2D eigenvalue weighted by Gasteiger charge is 2.41. The number of primary amides is 1. The fourth-order valence-corrected chi connectivity index (χ4v) is 6.82. The van der Waals surface area contributed by atoms with E-state index in [9.17, 15) is 29.1 Å². The monoisotopic (exact) mass is 781 g/mol. The van der Waals surface area contributed by atoms with Crippen LogP contribution in [0, 0.1) is 0 Å². The molecule has 3 rings (SSSR count). The van der Waals surface area contributed by atoms with E-state index in [4.69, 9.17) is 40.1 Å². The van der Waals surface area contributed by atoms with Crippen LogP contribution in [-0.2, 0) is 36.8 Å². The lowest BCUT2D eigenvalue weighted by atomic mass is 9.95. The fourth-order valence-electron chi connectivity index (χ4n) is 6.82. The number of benzene rings is 2. The quantitative estimate of drug-likeness (QED) is 0.0670. The summed E-state index contributed by atoms with van der Waals surface area (Å²) in [6, 6.07) is 6.70. The van der Waals surface area contributed by atoms with Crippen molar-refractivity contribution >= 4 is 29.5 Å². The first-order chi connectivity index (χ1) is 26.8. The number of phenolic OH excluding ortho intramolecular Hbond substituents is 1. The summed E-state index contributed by atoms with van der Waals surface area (Å²) in [6.45, 7) is 1.36. The fraction of sp³-hybridized carbons (Fsp3) is 0.564. The molecule has 1 heterocycles. The van der Waals surface area contributed by atoms with Crippen molar-refractivity contribution in [3.8, 4) is 16.9 Å². The molecule has 0 saturated heterocycles. The van der Waals surface area contributed by atoms with E-state index in [1.807, 2.05) is 18.2 Å². The maximum atomic E-state index is 14.6. The Balaban J connectivity index is 1.91. The molecule has 4 bridgehead atoms. The van der Waals surface area contributed by atoms with Gasteiger partial charge in [0.05, 0.1) is 6.04 Å². The van der Waals surface area contributed by atoms with Crippen LogP contribution in [0.4, 0.5) is 0 Å². The molecule has 2 aromatic carbocycles. The highest BCUT2D eigenvalue weighted by atomic mass is 16.3. The Morgan fingerprint density at radius 1 is 0.857 bits per heavy atom. The van der Waals surface area contributed by atoms with Gasteiger partial charge in [-0.1, -0.05) is 30.3 Å². The number of hydrogen-bond acceptors (Lipinski definition) is 12.